The van der Waals surface area contributed by atoms with Gasteiger partial charge in [-0.2, -0.15) is 4.98 Å². The Balaban J connectivity index is 1.99. The van der Waals surface area contributed by atoms with Gasteiger partial charge in [0.15, 0.2) is 5.82 Å². The molecule has 0 amide bonds. The van der Waals surface area contributed by atoms with E-state index in [9.17, 15) is 0 Å². The molecule has 1 aromatic heterocycles. The summed E-state index contributed by atoms with van der Waals surface area (Å²) < 4.78 is 4.96. The standard InChI is InChI=1S/C7H9ClN2O/c8-4-6-9-7(11-10-6)3-5-1-2-5/h5H,1-4H2. The fraction of sp³-hybridized carbons (Fsp3) is 0.714. The number of aromatic nitrogens is 2. The van der Waals surface area contributed by atoms with E-state index < -0.39 is 0 Å². The van der Waals surface area contributed by atoms with Gasteiger partial charge in [-0.05, 0) is 18.8 Å². The maximum Gasteiger partial charge on any atom is 0.226 e. The predicted octanol–water partition coefficient (Wildman–Crippen LogP) is 1.76. The molecule has 1 aliphatic carbocycles. The maximum atomic E-state index is 5.51. The minimum atomic E-state index is 0.341. The van der Waals surface area contributed by atoms with Crippen molar-refractivity contribution in [3.05, 3.63) is 11.7 Å². The van der Waals surface area contributed by atoms with Gasteiger partial charge in [0.1, 0.15) is 0 Å². The number of nitrogens with zero attached hydrogens (tertiary/aromatic N) is 2. The summed E-state index contributed by atoms with van der Waals surface area (Å²) in [6.45, 7) is 0. The van der Waals surface area contributed by atoms with Crippen molar-refractivity contribution in [3.63, 3.8) is 0 Å². The Hall–Kier alpha value is -0.570. The van der Waals surface area contributed by atoms with E-state index in [2.05, 4.69) is 10.1 Å². The second-order valence-corrected chi connectivity index (χ2v) is 3.15. The Morgan fingerprint density at radius 3 is 2.91 bits per heavy atom. The van der Waals surface area contributed by atoms with E-state index >= 15 is 0 Å². The molecule has 0 aromatic carbocycles. The highest BCUT2D eigenvalue weighted by Crippen LogP contribution is 2.31. The highest BCUT2D eigenvalue weighted by molar-refractivity contribution is 6.16. The van der Waals surface area contributed by atoms with Crippen LogP contribution in [0.4, 0.5) is 0 Å². The van der Waals surface area contributed by atoms with Gasteiger partial charge in [-0.15, -0.1) is 11.6 Å². The minimum absolute atomic E-state index is 0.341. The van der Waals surface area contributed by atoms with Crippen LogP contribution in [0.1, 0.15) is 24.6 Å². The molecule has 3 nitrogen and oxygen atoms in total. The zero-order valence-corrected chi connectivity index (χ0v) is 6.84. The lowest BCUT2D eigenvalue weighted by atomic mass is 10.3. The van der Waals surface area contributed by atoms with Crippen molar-refractivity contribution in [1.29, 1.82) is 0 Å². The quantitative estimate of drug-likeness (QED) is 0.653. The van der Waals surface area contributed by atoms with Crippen molar-refractivity contribution in [2.24, 2.45) is 5.92 Å². The largest absolute Gasteiger partial charge is 0.339 e. The molecule has 0 bridgehead atoms. The lowest BCUT2D eigenvalue weighted by molar-refractivity contribution is 0.369. The van der Waals surface area contributed by atoms with E-state index in [1.165, 1.54) is 12.8 Å². The van der Waals surface area contributed by atoms with E-state index in [-0.39, 0.29) is 0 Å². The predicted molar refractivity (Wildman–Crippen MR) is 40.3 cm³/mol. The van der Waals surface area contributed by atoms with Crippen LogP contribution >= 0.6 is 11.6 Å². The lowest BCUT2D eigenvalue weighted by Crippen LogP contribution is -1.87. The first-order chi connectivity index (χ1) is 5.38. The van der Waals surface area contributed by atoms with Crippen LogP contribution in [0, 0.1) is 5.92 Å². The molecule has 0 atom stereocenters. The van der Waals surface area contributed by atoms with Crippen LogP contribution in [-0.4, -0.2) is 10.1 Å². The Morgan fingerprint density at radius 1 is 1.55 bits per heavy atom. The molecule has 0 saturated heterocycles. The van der Waals surface area contributed by atoms with Crippen LogP contribution in [0.25, 0.3) is 0 Å². The summed E-state index contributed by atoms with van der Waals surface area (Å²) in [5.74, 6) is 2.47. The normalized spacial score (nSPS) is 17.2. The molecule has 1 saturated carbocycles. The van der Waals surface area contributed by atoms with Crippen LogP contribution in [0.2, 0.25) is 0 Å². The van der Waals surface area contributed by atoms with Gasteiger partial charge in [0.2, 0.25) is 5.89 Å². The molecule has 0 aliphatic heterocycles. The summed E-state index contributed by atoms with van der Waals surface area (Å²) in [4.78, 5) is 4.10. The van der Waals surface area contributed by atoms with Crippen molar-refractivity contribution >= 4 is 11.6 Å². The van der Waals surface area contributed by atoms with Crippen LogP contribution in [0.15, 0.2) is 4.52 Å². The molecular formula is C7H9ClN2O. The number of halogens is 1. The number of rotatable bonds is 3. The summed E-state index contributed by atoms with van der Waals surface area (Å²) in [5.41, 5.74) is 0. The average Bonchev–Trinajstić information content (AvgIpc) is 2.68. The molecule has 0 N–H and O–H groups in total. The third-order valence-electron chi connectivity index (χ3n) is 1.79. The smallest absolute Gasteiger partial charge is 0.226 e. The van der Waals surface area contributed by atoms with E-state index in [1.807, 2.05) is 0 Å². The molecule has 0 spiro atoms. The Labute approximate surface area is 69.7 Å². The minimum Gasteiger partial charge on any atom is -0.339 e. The second kappa shape index (κ2) is 2.81. The molecule has 1 aliphatic rings. The molecule has 1 aromatic rings. The zero-order valence-electron chi connectivity index (χ0n) is 6.09. The first-order valence-electron chi connectivity index (χ1n) is 3.76. The van der Waals surface area contributed by atoms with Crippen LogP contribution in [-0.2, 0) is 12.3 Å². The van der Waals surface area contributed by atoms with Crippen LogP contribution in [0.3, 0.4) is 0 Å². The fourth-order valence-corrected chi connectivity index (χ4v) is 1.10. The first kappa shape index (κ1) is 7.10. The molecule has 60 valence electrons. The Kier molecular flexibility index (Phi) is 1.82. The fourth-order valence-electron chi connectivity index (χ4n) is 0.996. The average molecular weight is 173 g/mol. The van der Waals surface area contributed by atoms with Crippen molar-refractivity contribution in [2.45, 2.75) is 25.1 Å². The third-order valence-corrected chi connectivity index (χ3v) is 2.03. The molecular weight excluding hydrogens is 164 g/mol. The zero-order chi connectivity index (χ0) is 7.68. The molecule has 0 radical (unpaired) electrons. The van der Waals surface area contributed by atoms with E-state index in [4.69, 9.17) is 16.1 Å². The molecule has 0 unspecified atom stereocenters. The Bertz CT molecular complexity index is 244. The van der Waals surface area contributed by atoms with Crippen molar-refractivity contribution in [1.82, 2.24) is 10.1 Å². The first-order valence-corrected chi connectivity index (χ1v) is 4.29. The number of hydrogen-bond acceptors (Lipinski definition) is 3. The van der Waals surface area contributed by atoms with Gasteiger partial charge < -0.3 is 4.52 Å². The van der Waals surface area contributed by atoms with Crippen LogP contribution < -0.4 is 0 Å². The van der Waals surface area contributed by atoms with Gasteiger partial charge in [-0.1, -0.05) is 5.16 Å². The van der Waals surface area contributed by atoms with Gasteiger partial charge >= 0.3 is 0 Å². The molecule has 1 heterocycles. The number of hydrogen-bond donors (Lipinski definition) is 0. The van der Waals surface area contributed by atoms with E-state index in [0.717, 1.165) is 18.2 Å². The SMILES string of the molecule is ClCc1noc(CC2CC2)n1. The van der Waals surface area contributed by atoms with Gasteiger partial charge in [0, 0.05) is 6.42 Å². The van der Waals surface area contributed by atoms with Gasteiger partial charge in [0.05, 0.1) is 5.88 Å². The molecule has 1 fully saturated rings. The van der Waals surface area contributed by atoms with Crippen molar-refractivity contribution in [3.8, 4) is 0 Å². The second-order valence-electron chi connectivity index (χ2n) is 2.89. The monoisotopic (exact) mass is 172 g/mol. The Morgan fingerprint density at radius 2 is 2.36 bits per heavy atom. The van der Waals surface area contributed by atoms with Gasteiger partial charge in [-0.25, -0.2) is 0 Å². The maximum absolute atomic E-state index is 5.51. The van der Waals surface area contributed by atoms with Crippen molar-refractivity contribution in [2.75, 3.05) is 0 Å². The summed E-state index contributed by atoms with van der Waals surface area (Å²) in [5, 5.41) is 3.70. The molecule has 4 heteroatoms. The van der Waals surface area contributed by atoms with Gasteiger partial charge in [-0.3, -0.25) is 0 Å². The molecule has 11 heavy (non-hydrogen) atoms. The summed E-state index contributed by atoms with van der Waals surface area (Å²) in [7, 11) is 0. The topological polar surface area (TPSA) is 38.9 Å². The third kappa shape index (κ3) is 1.71. The van der Waals surface area contributed by atoms with Crippen molar-refractivity contribution < 1.29 is 4.52 Å². The lowest BCUT2D eigenvalue weighted by Gasteiger charge is -1.85. The summed E-state index contributed by atoms with van der Waals surface area (Å²) in [6.07, 6.45) is 3.54. The highest BCUT2D eigenvalue weighted by Gasteiger charge is 2.24. The molecule has 2 rings (SSSR count). The highest BCUT2D eigenvalue weighted by atomic mass is 35.5. The van der Waals surface area contributed by atoms with Crippen LogP contribution in [0.5, 0.6) is 0 Å². The number of alkyl halides is 1. The van der Waals surface area contributed by atoms with Gasteiger partial charge in [0.25, 0.3) is 0 Å². The summed E-state index contributed by atoms with van der Waals surface area (Å²) in [6, 6.07) is 0. The summed E-state index contributed by atoms with van der Waals surface area (Å²) >= 11 is 5.51. The van der Waals surface area contributed by atoms with E-state index in [1.54, 1.807) is 0 Å². The van der Waals surface area contributed by atoms with E-state index in [0.29, 0.717) is 11.7 Å².